The van der Waals surface area contributed by atoms with Gasteiger partial charge in [0.1, 0.15) is 5.82 Å². The molecule has 1 saturated heterocycles. The van der Waals surface area contributed by atoms with Crippen LogP contribution >= 0.6 is 0 Å². The SMILES string of the molecule is Cc1ccc(C(=O)N2CCC(c3nnc(-c4ccc(F)cc4)o3)CC2)cc1. The van der Waals surface area contributed by atoms with Crippen LogP contribution in [0.15, 0.2) is 52.9 Å². The number of benzene rings is 2. The molecule has 1 aliphatic heterocycles. The fourth-order valence-electron chi connectivity index (χ4n) is 3.32. The molecule has 0 aliphatic carbocycles. The van der Waals surface area contributed by atoms with Gasteiger partial charge in [0.05, 0.1) is 0 Å². The Labute approximate surface area is 156 Å². The summed E-state index contributed by atoms with van der Waals surface area (Å²) in [6.45, 7) is 3.32. The highest BCUT2D eigenvalue weighted by Crippen LogP contribution is 2.30. The Balaban J connectivity index is 1.40. The quantitative estimate of drug-likeness (QED) is 0.698. The van der Waals surface area contributed by atoms with E-state index in [1.807, 2.05) is 36.1 Å². The Kier molecular flexibility index (Phi) is 4.71. The number of nitrogens with zero attached hydrogens (tertiary/aromatic N) is 3. The molecule has 0 unspecified atom stereocenters. The number of aryl methyl sites for hydroxylation is 1. The fraction of sp³-hybridized carbons (Fsp3) is 0.286. The topological polar surface area (TPSA) is 59.2 Å². The van der Waals surface area contributed by atoms with Crippen LogP contribution in [-0.4, -0.2) is 34.1 Å². The van der Waals surface area contributed by atoms with Gasteiger partial charge >= 0.3 is 0 Å². The molecule has 6 heteroatoms. The number of carbonyl (C=O) groups is 1. The number of rotatable bonds is 3. The molecule has 27 heavy (non-hydrogen) atoms. The van der Waals surface area contributed by atoms with E-state index in [-0.39, 0.29) is 17.6 Å². The molecule has 1 fully saturated rings. The van der Waals surface area contributed by atoms with Crippen molar-refractivity contribution in [2.45, 2.75) is 25.7 Å². The second-order valence-corrected chi connectivity index (χ2v) is 6.88. The lowest BCUT2D eigenvalue weighted by Crippen LogP contribution is -2.38. The van der Waals surface area contributed by atoms with Crippen molar-refractivity contribution in [2.24, 2.45) is 0 Å². The van der Waals surface area contributed by atoms with Crippen molar-refractivity contribution >= 4 is 5.91 Å². The lowest BCUT2D eigenvalue weighted by atomic mass is 9.96. The van der Waals surface area contributed by atoms with Crippen molar-refractivity contribution in [3.63, 3.8) is 0 Å². The minimum atomic E-state index is -0.302. The number of hydrogen-bond acceptors (Lipinski definition) is 4. The third-order valence-corrected chi connectivity index (χ3v) is 4.96. The molecule has 2 aromatic carbocycles. The van der Waals surface area contributed by atoms with Gasteiger partial charge in [0.15, 0.2) is 0 Å². The van der Waals surface area contributed by atoms with Crippen LogP contribution in [0.5, 0.6) is 0 Å². The van der Waals surface area contributed by atoms with Gasteiger partial charge in [-0.25, -0.2) is 4.39 Å². The van der Waals surface area contributed by atoms with Crippen LogP contribution in [0.3, 0.4) is 0 Å². The molecule has 0 radical (unpaired) electrons. The van der Waals surface area contributed by atoms with Gasteiger partial charge in [-0.2, -0.15) is 0 Å². The number of aromatic nitrogens is 2. The van der Waals surface area contributed by atoms with E-state index >= 15 is 0 Å². The van der Waals surface area contributed by atoms with Crippen molar-refractivity contribution in [3.8, 4) is 11.5 Å². The first-order valence-electron chi connectivity index (χ1n) is 9.05. The largest absolute Gasteiger partial charge is 0.420 e. The van der Waals surface area contributed by atoms with Gasteiger partial charge in [-0.05, 0) is 56.2 Å². The van der Waals surface area contributed by atoms with Crippen LogP contribution < -0.4 is 0 Å². The van der Waals surface area contributed by atoms with E-state index < -0.39 is 0 Å². The molecule has 0 saturated carbocycles. The summed E-state index contributed by atoms with van der Waals surface area (Å²) in [6, 6.07) is 13.6. The number of piperidine rings is 1. The minimum absolute atomic E-state index is 0.0611. The normalized spacial score (nSPS) is 15.1. The zero-order chi connectivity index (χ0) is 18.8. The number of hydrogen-bond donors (Lipinski definition) is 0. The van der Waals surface area contributed by atoms with Crippen LogP contribution in [0.25, 0.3) is 11.5 Å². The van der Waals surface area contributed by atoms with E-state index in [0.29, 0.717) is 30.4 Å². The van der Waals surface area contributed by atoms with E-state index in [0.717, 1.165) is 24.0 Å². The molecule has 0 bridgehead atoms. The maximum Gasteiger partial charge on any atom is 0.253 e. The summed E-state index contributed by atoms with van der Waals surface area (Å²) in [5.41, 5.74) is 2.55. The molecule has 4 rings (SSSR count). The second-order valence-electron chi connectivity index (χ2n) is 6.88. The summed E-state index contributed by atoms with van der Waals surface area (Å²) in [4.78, 5) is 14.5. The third kappa shape index (κ3) is 3.74. The van der Waals surface area contributed by atoms with Crippen LogP contribution in [0.1, 0.15) is 40.6 Å². The van der Waals surface area contributed by atoms with Crippen LogP contribution in [-0.2, 0) is 0 Å². The predicted molar refractivity (Wildman–Crippen MR) is 98.7 cm³/mol. The lowest BCUT2D eigenvalue weighted by Gasteiger charge is -2.30. The molecular weight excluding hydrogens is 345 g/mol. The molecule has 0 atom stereocenters. The van der Waals surface area contributed by atoms with Gasteiger partial charge in [0.25, 0.3) is 5.91 Å². The number of amides is 1. The monoisotopic (exact) mass is 365 g/mol. The molecular formula is C21H20FN3O2. The van der Waals surface area contributed by atoms with E-state index in [4.69, 9.17) is 4.42 Å². The third-order valence-electron chi connectivity index (χ3n) is 4.96. The Morgan fingerprint density at radius 3 is 2.37 bits per heavy atom. The molecule has 2 heterocycles. The lowest BCUT2D eigenvalue weighted by molar-refractivity contribution is 0.0706. The highest BCUT2D eigenvalue weighted by atomic mass is 19.1. The highest BCUT2D eigenvalue weighted by molar-refractivity contribution is 5.94. The Hall–Kier alpha value is -3.02. The average molecular weight is 365 g/mol. The molecule has 5 nitrogen and oxygen atoms in total. The summed E-state index contributed by atoms with van der Waals surface area (Å²) in [5, 5.41) is 8.24. The van der Waals surface area contributed by atoms with E-state index in [1.54, 1.807) is 12.1 Å². The van der Waals surface area contributed by atoms with Crippen molar-refractivity contribution in [1.29, 1.82) is 0 Å². The first-order valence-corrected chi connectivity index (χ1v) is 9.05. The second kappa shape index (κ2) is 7.31. The summed E-state index contributed by atoms with van der Waals surface area (Å²) < 4.78 is 18.8. The maximum atomic E-state index is 13.0. The molecule has 138 valence electrons. The van der Waals surface area contributed by atoms with Gasteiger partial charge in [0, 0.05) is 30.1 Å². The highest BCUT2D eigenvalue weighted by Gasteiger charge is 2.28. The van der Waals surface area contributed by atoms with Crippen molar-refractivity contribution < 1.29 is 13.6 Å². The zero-order valence-corrected chi connectivity index (χ0v) is 15.1. The summed E-state index contributed by atoms with van der Waals surface area (Å²) in [6.07, 6.45) is 1.56. The van der Waals surface area contributed by atoms with Gasteiger partial charge in [-0.3, -0.25) is 4.79 Å². The molecule has 3 aromatic rings. The Morgan fingerprint density at radius 1 is 1.04 bits per heavy atom. The number of halogens is 1. The van der Waals surface area contributed by atoms with Gasteiger partial charge in [0.2, 0.25) is 11.8 Å². The average Bonchev–Trinajstić information content (AvgIpc) is 3.19. The summed E-state index contributed by atoms with van der Waals surface area (Å²) in [7, 11) is 0. The summed E-state index contributed by atoms with van der Waals surface area (Å²) in [5.74, 6) is 0.865. The molecule has 0 N–H and O–H groups in total. The van der Waals surface area contributed by atoms with E-state index in [2.05, 4.69) is 10.2 Å². The predicted octanol–water partition coefficient (Wildman–Crippen LogP) is 4.20. The van der Waals surface area contributed by atoms with Crippen LogP contribution in [0.2, 0.25) is 0 Å². The van der Waals surface area contributed by atoms with Crippen molar-refractivity contribution in [3.05, 3.63) is 71.4 Å². The molecule has 1 amide bonds. The zero-order valence-electron chi connectivity index (χ0n) is 15.1. The summed E-state index contributed by atoms with van der Waals surface area (Å²) >= 11 is 0. The van der Waals surface area contributed by atoms with Crippen molar-refractivity contribution in [1.82, 2.24) is 15.1 Å². The maximum absolute atomic E-state index is 13.0. The van der Waals surface area contributed by atoms with E-state index in [1.165, 1.54) is 12.1 Å². The van der Waals surface area contributed by atoms with Gasteiger partial charge in [-0.1, -0.05) is 17.7 Å². The molecule has 1 aliphatic rings. The molecule has 0 spiro atoms. The van der Waals surface area contributed by atoms with Crippen LogP contribution in [0.4, 0.5) is 4.39 Å². The van der Waals surface area contributed by atoms with Crippen molar-refractivity contribution in [2.75, 3.05) is 13.1 Å². The minimum Gasteiger partial charge on any atom is -0.420 e. The Bertz CT molecular complexity index is 927. The van der Waals surface area contributed by atoms with Gasteiger partial charge in [-0.15, -0.1) is 10.2 Å². The smallest absolute Gasteiger partial charge is 0.253 e. The first-order chi connectivity index (χ1) is 13.1. The number of carbonyl (C=O) groups excluding carboxylic acids is 1. The molecule has 1 aromatic heterocycles. The van der Waals surface area contributed by atoms with Crippen LogP contribution in [0, 0.1) is 12.7 Å². The van der Waals surface area contributed by atoms with E-state index in [9.17, 15) is 9.18 Å². The Morgan fingerprint density at radius 2 is 1.70 bits per heavy atom. The first kappa shape index (κ1) is 17.4. The van der Waals surface area contributed by atoms with Gasteiger partial charge < -0.3 is 9.32 Å². The fourth-order valence-corrected chi connectivity index (χ4v) is 3.32. The standard InChI is InChI=1S/C21H20FN3O2/c1-14-2-4-17(5-3-14)21(26)25-12-10-16(11-13-25)20-24-23-19(27-20)15-6-8-18(22)9-7-15/h2-9,16H,10-13H2,1H3. The number of likely N-dealkylation sites (tertiary alicyclic amines) is 1.